The predicted octanol–water partition coefficient (Wildman–Crippen LogP) is 2.36. The molecule has 2 amide bonds. The lowest BCUT2D eigenvalue weighted by Crippen LogP contribution is -2.34. The van der Waals surface area contributed by atoms with Crippen molar-refractivity contribution in [1.82, 2.24) is 10.7 Å². The fourth-order valence-corrected chi connectivity index (χ4v) is 2.85. The molecule has 0 aromatic heterocycles. The summed E-state index contributed by atoms with van der Waals surface area (Å²) in [5.74, 6) is 1.08. The number of nitrogens with one attached hydrogen (secondary N) is 2. The first-order valence-electron chi connectivity index (χ1n) is 8.67. The Kier molecular flexibility index (Phi) is 8.48. The molecular formula is C20H22BrN3O6. The van der Waals surface area contributed by atoms with Gasteiger partial charge in [-0.3, -0.25) is 9.59 Å². The average Bonchev–Trinajstić information content (AvgIpc) is 2.77. The highest BCUT2D eigenvalue weighted by molar-refractivity contribution is 9.10. The highest BCUT2D eigenvalue weighted by atomic mass is 79.9. The normalized spacial score (nSPS) is 10.4. The molecule has 0 fully saturated rings. The van der Waals surface area contributed by atoms with E-state index in [0.29, 0.717) is 38.6 Å². The molecule has 0 radical (unpaired) electrons. The van der Waals surface area contributed by atoms with Gasteiger partial charge in [0.2, 0.25) is 0 Å². The summed E-state index contributed by atoms with van der Waals surface area (Å²) in [6, 6.07) is 8.14. The van der Waals surface area contributed by atoms with E-state index < -0.39 is 11.8 Å². The van der Waals surface area contributed by atoms with Crippen molar-refractivity contribution in [2.45, 2.75) is 0 Å². The molecule has 160 valence electrons. The van der Waals surface area contributed by atoms with Gasteiger partial charge in [0.25, 0.3) is 11.8 Å². The van der Waals surface area contributed by atoms with Crippen molar-refractivity contribution in [2.75, 3.05) is 35.0 Å². The van der Waals surface area contributed by atoms with Crippen LogP contribution in [-0.4, -0.2) is 53.0 Å². The van der Waals surface area contributed by atoms with Crippen LogP contribution in [0.1, 0.15) is 15.9 Å². The maximum atomic E-state index is 12.2. The van der Waals surface area contributed by atoms with E-state index in [0.717, 1.165) is 0 Å². The maximum absolute atomic E-state index is 12.2. The van der Waals surface area contributed by atoms with Gasteiger partial charge in [0, 0.05) is 15.6 Å². The van der Waals surface area contributed by atoms with Crippen LogP contribution in [0.25, 0.3) is 0 Å². The van der Waals surface area contributed by atoms with Crippen molar-refractivity contribution in [3.05, 3.63) is 45.9 Å². The highest BCUT2D eigenvalue weighted by Crippen LogP contribution is 2.32. The van der Waals surface area contributed by atoms with E-state index in [-0.39, 0.29) is 6.54 Å². The third-order valence-corrected chi connectivity index (χ3v) is 4.64. The molecule has 2 aromatic rings. The minimum atomic E-state index is -0.489. The van der Waals surface area contributed by atoms with E-state index in [9.17, 15) is 9.59 Å². The Hall–Kier alpha value is -3.27. The lowest BCUT2D eigenvalue weighted by atomic mass is 10.2. The zero-order chi connectivity index (χ0) is 22.1. The lowest BCUT2D eigenvalue weighted by molar-refractivity contribution is -0.120. The summed E-state index contributed by atoms with van der Waals surface area (Å²) in [7, 11) is 6.04. The number of rotatable bonds is 9. The van der Waals surface area contributed by atoms with Gasteiger partial charge in [0.1, 0.15) is 0 Å². The summed E-state index contributed by atoms with van der Waals surface area (Å²) in [6.07, 6.45) is 1.44. The fourth-order valence-electron chi connectivity index (χ4n) is 2.42. The third-order valence-electron chi connectivity index (χ3n) is 3.95. The smallest absolute Gasteiger partial charge is 0.259 e. The van der Waals surface area contributed by atoms with E-state index in [1.54, 1.807) is 24.3 Å². The molecule has 2 aromatic carbocycles. The van der Waals surface area contributed by atoms with Crippen LogP contribution in [0, 0.1) is 0 Å². The maximum Gasteiger partial charge on any atom is 0.259 e. The summed E-state index contributed by atoms with van der Waals surface area (Å²) in [6.45, 7) is -0.252. The molecular weight excluding hydrogens is 458 g/mol. The summed E-state index contributed by atoms with van der Waals surface area (Å²) < 4.78 is 21.5. The number of benzene rings is 2. The van der Waals surface area contributed by atoms with Gasteiger partial charge in [0.15, 0.2) is 23.0 Å². The van der Waals surface area contributed by atoms with Crippen molar-refractivity contribution in [1.29, 1.82) is 0 Å². The van der Waals surface area contributed by atoms with E-state index in [1.165, 1.54) is 40.7 Å². The number of hydrazone groups is 1. The van der Waals surface area contributed by atoms with Gasteiger partial charge < -0.3 is 24.3 Å². The molecule has 0 unspecified atom stereocenters. The first-order valence-corrected chi connectivity index (χ1v) is 9.46. The van der Waals surface area contributed by atoms with Crippen LogP contribution in [-0.2, 0) is 4.79 Å². The minimum Gasteiger partial charge on any atom is -0.493 e. The SMILES string of the molecule is COc1ccc(C(=O)NCC(=O)N/N=C\c2cc(OC)c(OC)cc2Br)cc1OC. The molecule has 0 atom stereocenters. The molecule has 0 aliphatic rings. The number of methoxy groups -OCH3 is 4. The number of hydrogen-bond acceptors (Lipinski definition) is 7. The van der Waals surface area contributed by atoms with Crippen LogP contribution in [0.3, 0.4) is 0 Å². The number of carbonyl (C=O) groups is 2. The van der Waals surface area contributed by atoms with Crippen LogP contribution in [0.2, 0.25) is 0 Å². The number of carbonyl (C=O) groups excluding carboxylic acids is 2. The van der Waals surface area contributed by atoms with Crippen molar-refractivity contribution in [3.8, 4) is 23.0 Å². The van der Waals surface area contributed by atoms with Gasteiger partial charge >= 0.3 is 0 Å². The molecule has 0 saturated heterocycles. The number of halogens is 1. The number of ether oxygens (including phenoxy) is 4. The van der Waals surface area contributed by atoms with E-state index in [4.69, 9.17) is 18.9 Å². The second kappa shape index (κ2) is 11.1. The molecule has 0 heterocycles. The van der Waals surface area contributed by atoms with E-state index in [2.05, 4.69) is 31.8 Å². The van der Waals surface area contributed by atoms with E-state index >= 15 is 0 Å². The number of hydrogen-bond donors (Lipinski definition) is 2. The zero-order valence-corrected chi connectivity index (χ0v) is 18.5. The molecule has 2 rings (SSSR count). The second-order valence-electron chi connectivity index (χ2n) is 5.77. The second-order valence-corrected chi connectivity index (χ2v) is 6.63. The Labute approximate surface area is 182 Å². The minimum absolute atomic E-state index is 0.252. The zero-order valence-electron chi connectivity index (χ0n) is 16.9. The first kappa shape index (κ1) is 23.0. The molecule has 30 heavy (non-hydrogen) atoms. The van der Waals surface area contributed by atoms with Gasteiger partial charge in [-0.1, -0.05) is 0 Å². The first-order chi connectivity index (χ1) is 14.4. The van der Waals surface area contributed by atoms with E-state index in [1.807, 2.05) is 0 Å². The summed E-state index contributed by atoms with van der Waals surface area (Å²) in [5, 5.41) is 6.41. The summed E-state index contributed by atoms with van der Waals surface area (Å²) in [5.41, 5.74) is 3.35. The van der Waals surface area contributed by atoms with Crippen LogP contribution in [0.15, 0.2) is 39.9 Å². The van der Waals surface area contributed by atoms with Gasteiger partial charge in [-0.25, -0.2) is 5.43 Å². The monoisotopic (exact) mass is 479 g/mol. The van der Waals surface area contributed by atoms with Crippen molar-refractivity contribution < 1.29 is 28.5 Å². The van der Waals surface area contributed by atoms with Crippen LogP contribution in [0.5, 0.6) is 23.0 Å². The van der Waals surface area contributed by atoms with Gasteiger partial charge in [0.05, 0.1) is 41.2 Å². The summed E-state index contributed by atoms with van der Waals surface area (Å²) >= 11 is 3.40. The highest BCUT2D eigenvalue weighted by Gasteiger charge is 2.12. The van der Waals surface area contributed by atoms with Crippen molar-refractivity contribution in [3.63, 3.8) is 0 Å². The topological polar surface area (TPSA) is 107 Å². The molecule has 2 N–H and O–H groups in total. The molecule has 0 bridgehead atoms. The van der Waals surface area contributed by atoms with Crippen LogP contribution >= 0.6 is 15.9 Å². The Morgan fingerprint density at radius 3 is 2.17 bits per heavy atom. The largest absolute Gasteiger partial charge is 0.493 e. The molecule has 10 heteroatoms. The van der Waals surface area contributed by atoms with Gasteiger partial charge in [-0.15, -0.1) is 0 Å². The molecule has 0 spiro atoms. The third kappa shape index (κ3) is 5.86. The fraction of sp³-hybridized carbons (Fsp3) is 0.250. The Bertz CT molecular complexity index is 948. The standard InChI is InChI=1S/C20H22BrN3O6/c1-27-15-6-5-12(7-16(15)28-2)20(26)22-11-19(25)24-23-10-13-8-17(29-3)18(30-4)9-14(13)21/h5-10H,11H2,1-4H3,(H,22,26)(H,24,25)/b23-10-. The average molecular weight is 480 g/mol. The van der Waals surface area contributed by atoms with Crippen molar-refractivity contribution in [2.24, 2.45) is 5.10 Å². The van der Waals surface area contributed by atoms with Gasteiger partial charge in [-0.05, 0) is 46.3 Å². The lowest BCUT2D eigenvalue weighted by Gasteiger charge is -2.10. The van der Waals surface area contributed by atoms with Gasteiger partial charge in [-0.2, -0.15) is 5.10 Å². The van der Waals surface area contributed by atoms with Crippen LogP contribution in [0.4, 0.5) is 0 Å². The molecule has 0 saturated carbocycles. The quantitative estimate of drug-likeness (QED) is 0.422. The Balaban J connectivity index is 1.93. The number of amides is 2. The Morgan fingerprint density at radius 2 is 1.53 bits per heavy atom. The predicted molar refractivity (Wildman–Crippen MR) is 115 cm³/mol. The molecule has 0 aliphatic heterocycles. The molecule has 0 aliphatic carbocycles. The number of nitrogens with zero attached hydrogens (tertiary/aromatic N) is 1. The summed E-state index contributed by atoms with van der Waals surface area (Å²) in [4.78, 5) is 24.2. The van der Waals surface area contributed by atoms with Crippen LogP contribution < -0.4 is 29.7 Å². The van der Waals surface area contributed by atoms with Crippen molar-refractivity contribution >= 4 is 34.0 Å². The molecule has 9 nitrogen and oxygen atoms in total. The Morgan fingerprint density at radius 1 is 0.933 bits per heavy atom.